The Balaban J connectivity index is 1.78. The highest BCUT2D eigenvalue weighted by molar-refractivity contribution is 5.93. The molecule has 0 saturated carbocycles. The van der Waals surface area contributed by atoms with Crippen molar-refractivity contribution < 1.29 is 9.53 Å². The number of likely N-dealkylation sites (tertiary alicyclic amines) is 1. The van der Waals surface area contributed by atoms with Crippen molar-refractivity contribution >= 4 is 5.91 Å². The molecule has 116 valence electrons. The van der Waals surface area contributed by atoms with Gasteiger partial charge in [-0.2, -0.15) is 0 Å². The van der Waals surface area contributed by atoms with Gasteiger partial charge in [-0.25, -0.2) is 5.84 Å². The van der Waals surface area contributed by atoms with Gasteiger partial charge in [0.1, 0.15) is 12.4 Å². The highest BCUT2D eigenvalue weighted by atomic mass is 16.5. The molecule has 3 N–H and O–H groups in total. The summed E-state index contributed by atoms with van der Waals surface area (Å²) in [6, 6.07) is 7.68. The average Bonchev–Trinajstić information content (AvgIpc) is 2.72. The van der Waals surface area contributed by atoms with Crippen molar-refractivity contribution in [2.24, 2.45) is 5.84 Å². The third-order valence-corrected chi connectivity index (χ3v) is 4.09. The SMILES string of the molecule is CC1CCCCCN1CCOc1ccc(C(=O)NN)cc1. The van der Waals surface area contributed by atoms with Crippen LogP contribution in [0.3, 0.4) is 0 Å². The lowest BCUT2D eigenvalue weighted by molar-refractivity contribution is 0.0953. The standard InChI is InChI=1S/C16H25N3O2/c1-13-5-3-2-4-10-19(13)11-12-21-15-8-6-14(7-9-15)16(20)18-17/h6-9,13H,2-5,10-12,17H2,1H3,(H,18,20). The van der Waals surface area contributed by atoms with Crippen LogP contribution in [0.5, 0.6) is 5.75 Å². The van der Waals surface area contributed by atoms with Crippen LogP contribution in [0, 0.1) is 0 Å². The summed E-state index contributed by atoms with van der Waals surface area (Å²) in [6.45, 7) is 5.09. The average molecular weight is 291 g/mol. The van der Waals surface area contributed by atoms with Gasteiger partial charge < -0.3 is 4.74 Å². The lowest BCUT2D eigenvalue weighted by atomic mass is 10.1. The molecule has 2 rings (SSSR count). The normalized spacial score (nSPS) is 19.8. The van der Waals surface area contributed by atoms with Crippen LogP contribution in [0.4, 0.5) is 0 Å². The van der Waals surface area contributed by atoms with Crippen LogP contribution >= 0.6 is 0 Å². The molecule has 5 nitrogen and oxygen atoms in total. The van der Waals surface area contributed by atoms with Crippen molar-refractivity contribution in [2.45, 2.75) is 38.6 Å². The minimum Gasteiger partial charge on any atom is -0.492 e. The fourth-order valence-electron chi connectivity index (χ4n) is 2.73. The number of hydrogen-bond acceptors (Lipinski definition) is 4. The number of nitrogens with one attached hydrogen (secondary N) is 1. The lowest BCUT2D eigenvalue weighted by Gasteiger charge is -2.26. The second kappa shape index (κ2) is 8.00. The van der Waals surface area contributed by atoms with E-state index in [4.69, 9.17) is 10.6 Å². The Morgan fingerprint density at radius 2 is 2.10 bits per heavy atom. The van der Waals surface area contributed by atoms with Gasteiger partial charge in [-0.3, -0.25) is 15.1 Å². The van der Waals surface area contributed by atoms with E-state index in [-0.39, 0.29) is 5.91 Å². The molecule has 1 amide bonds. The largest absolute Gasteiger partial charge is 0.492 e. The van der Waals surface area contributed by atoms with E-state index in [9.17, 15) is 4.79 Å². The molecule has 1 unspecified atom stereocenters. The predicted molar refractivity (Wildman–Crippen MR) is 83.1 cm³/mol. The van der Waals surface area contributed by atoms with E-state index in [1.54, 1.807) is 24.3 Å². The molecular weight excluding hydrogens is 266 g/mol. The number of benzene rings is 1. The van der Waals surface area contributed by atoms with E-state index in [0.717, 1.165) is 12.3 Å². The van der Waals surface area contributed by atoms with Crippen LogP contribution in [0.2, 0.25) is 0 Å². The number of hydrazine groups is 1. The minimum atomic E-state index is -0.292. The van der Waals surface area contributed by atoms with Gasteiger partial charge in [0.2, 0.25) is 0 Å². The number of rotatable bonds is 5. The topological polar surface area (TPSA) is 67.6 Å². The zero-order valence-corrected chi connectivity index (χ0v) is 12.7. The first-order valence-electron chi connectivity index (χ1n) is 7.68. The zero-order valence-electron chi connectivity index (χ0n) is 12.7. The molecule has 1 saturated heterocycles. The molecule has 1 aromatic carbocycles. The zero-order chi connectivity index (χ0) is 15.1. The number of nitrogens with zero attached hydrogens (tertiary/aromatic N) is 1. The molecule has 5 heteroatoms. The van der Waals surface area contributed by atoms with E-state index in [0.29, 0.717) is 18.2 Å². The molecule has 1 aliphatic heterocycles. The van der Waals surface area contributed by atoms with Gasteiger partial charge in [0, 0.05) is 18.2 Å². The summed E-state index contributed by atoms with van der Waals surface area (Å²) in [7, 11) is 0. The molecule has 0 aromatic heterocycles. The Bertz CT molecular complexity index is 447. The van der Waals surface area contributed by atoms with Gasteiger partial charge in [-0.15, -0.1) is 0 Å². The van der Waals surface area contributed by atoms with Gasteiger partial charge in [-0.1, -0.05) is 12.8 Å². The quantitative estimate of drug-likeness (QED) is 0.494. The number of amides is 1. The molecule has 1 aliphatic rings. The van der Waals surface area contributed by atoms with Gasteiger partial charge in [-0.05, 0) is 50.6 Å². The maximum absolute atomic E-state index is 11.3. The highest BCUT2D eigenvalue weighted by Gasteiger charge is 2.16. The molecule has 0 spiro atoms. The maximum Gasteiger partial charge on any atom is 0.265 e. The molecule has 1 fully saturated rings. The van der Waals surface area contributed by atoms with Crippen LogP contribution < -0.4 is 16.0 Å². The van der Waals surface area contributed by atoms with E-state index in [1.807, 2.05) is 0 Å². The number of carbonyl (C=O) groups is 1. The molecule has 0 aliphatic carbocycles. The monoisotopic (exact) mass is 291 g/mol. The number of nitrogen functional groups attached to an aromatic ring is 1. The lowest BCUT2D eigenvalue weighted by Crippen LogP contribution is -2.35. The van der Waals surface area contributed by atoms with Crippen LogP contribution in [0.1, 0.15) is 43.0 Å². The maximum atomic E-state index is 11.3. The molecule has 1 heterocycles. The van der Waals surface area contributed by atoms with E-state index in [1.165, 1.54) is 32.2 Å². The summed E-state index contributed by atoms with van der Waals surface area (Å²) >= 11 is 0. The first-order valence-corrected chi connectivity index (χ1v) is 7.68. The summed E-state index contributed by atoms with van der Waals surface area (Å²) in [4.78, 5) is 13.8. The van der Waals surface area contributed by atoms with Crippen molar-refractivity contribution in [3.63, 3.8) is 0 Å². The van der Waals surface area contributed by atoms with Crippen molar-refractivity contribution in [2.75, 3.05) is 19.7 Å². The summed E-state index contributed by atoms with van der Waals surface area (Å²) in [6.07, 6.45) is 5.24. The van der Waals surface area contributed by atoms with Crippen molar-refractivity contribution in [3.8, 4) is 5.75 Å². The first kappa shape index (κ1) is 15.8. The van der Waals surface area contributed by atoms with Crippen LogP contribution in [0.15, 0.2) is 24.3 Å². The van der Waals surface area contributed by atoms with E-state index < -0.39 is 0 Å². The number of nitrogens with two attached hydrogens (primary N) is 1. The third kappa shape index (κ3) is 4.72. The highest BCUT2D eigenvalue weighted by Crippen LogP contribution is 2.16. The molecule has 0 radical (unpaired) electrons. The second-order valence-corrected chi connectivity index (χ2v) is 5.58. The number of carbonyl (C=O) groups excluding carboxylic acids is 1. The summed E-state index contributed by atoms with van der Waals surface area (Å²) in [5.41, 5.74) is 2.64. The minimum absolute atomic E-state index is 0.292. The van der Waals surface area contributed by atoms with Crippen LogP contribution in [-0.4, -0.2) is 36.5 Å². The van der Waals surface area contributed by atoms with E-state index >= 15 is 0 Å². The Hall–Kier alpha value is -1.59. The fourth-order valence-corrected chi connectivity index (χ4v) is 2.73. The van der Waals surface area contributed by atoms with Crippen LogP contribution in [-0.2, 0) is 0 Å². The van der Waals surface area contributed by atoms with E-state index in [2.05, 4.69) is 17.2 Å². The molecular formula is C16H25N3O2. The summed E-state index contributed by atoms with van der Waals surface area (Å²) in [5.74, 6) is 5.59. The molecule has 1 aromatic rings. The molecule has 1 atom stereocenters. The molecule has 0 bridgehead atoms. The molecule has 21 heavy (non-hydrogen) atoms. The van der Waals surface area contributed by atoms with Gasteiger partial charge in [0.15, 0.2) is 0 Å². The number of ether oxygens (including phenoxy) is 1. The van der Waals surface area contributed by atoms with Crippen LogP contribution in [0.25, 0.3) is 0 Å². The van der Waals surface area contributed by atoms with Gasteiger partial charge >= 0.3 is 0 Å². The van der Waals surface area contributed by atoms with Gasteiger partial charge in [0.25, 0.3) is 5.91 Å². The van der Waals surface area contributed by atoms with Crippen molar-refractivity contribution in [1.29, 1.82) is 0 Å². The fraction of sp³-hybridized carbons (Fsp3) is 0.562. The Morgan fingerprint density at radius 1 is 1.33 bits per heavy atom. The summed E-state index contributed by atoms with van der Waals surface area (Å²) in [5, 5.41) is 0. The predicted octanol–water partition coefficient (Wildman–Crippen LogP) is 1.93. The third-order valence-electron chi connectivity index (χ3n) is 4.09. The summed E-state index contributed by atoms with van der Waals surface area (Å²) < 4.78 is 5.76. The second-order valence-electron chi connectivity index (χ2n) is 5.58. The first-order chi connectivity index (χ1) is 10.2. The Kier molecular flexibility index (Phi) is 6.02. The Labute approximate surface area is 126 Å². The van der Waals surface area contributed by atoms with Crippen molar-refractivity contribution in [3.05, 3.63) is 29.8 Å². The van der Waals surface area contributed by atoms with Crippen molar-refractivity contribution in [1.82, 2.24) is 10.3 Å². The smallest absolute Gasteiger partial charge is 0.265 e. The van der Waals surface area contributed by atoms with Gasteiger partial charge in [0.05, 0.1) is 0 Å². The number of hydrogen-bond donors (Lipinski definition) is 2. The Morgan fingerprint density at radius 3 is 2.81 bits per heavy atom.